The van der Waals surface area contributed by atoms with Gasteiger partial charge in [0.25, 0.3) is 0 Å². The van der Waals surface area contributed by atoms with Gasteiger partial charge in [0.15, 0.2) is 11.6 Å². The van der Waals surface area contributed by atoms with E-state index in [1.807, 2.05) is 19.1 Å². The lowest BCUT2D eigenvalue weighted by Gasteiger charge is -2.22. The molecule has 0 atom stereocenters. The Hall–Kier alpha value is -2.41. The first kappa shape index (κ1) is 13.0. The van der Waals surface area contributed by atoms with Crippen molar-refractivity contribution in [3.63, 3.8) is 0 Å². The lowest BCUT2D eigenvalue weighted by atomic mass is 10.1. The Morgan fingerprint density at radius 2 is 1.68 bits per heavy atom. The lowest BCUT2D eigenvalue weighted by molar-refractivity contribution is 0.583. The molecule has 0 heterocycles. The minimum atomic E-state index is -0.748. The summed E-state index contributed by atoms with van der Waals surface area (Å²) in [4.78, 5) is 1.45. The second-order valence-corrected chi connectivity index (χ2v) is 4.25. The Bertz CT molecular complexity index is 636. The van der Waals surface area contributed by atoms with Crippen LogP contribution in [0.4, 0.5) is 20.2 Å². The number of benzene rings is 2. The predicted molar refractivity (Wildman–Crippen MR) is 70.3 cm³/mol. The first-order chi connectivity index (χ1) is 9.04. The summed E-state index contributed by atoms with van der Waals surface area (Å²) in [5, 5.41) is 8.68. The monoisotopic (exact) mass is 258 g/mol. The summed E-state index contributed by atoms with van der Waals surface area (Å²) >= 11 is 0. The molecule has 0 N–H and O–H groups in total. The van der Waals surface area contributed by atoms with E-state index in [2.05, 4.69) is 0 Å². The van der Waals surface area contributed by atoms with Crippen LogP contribution < -0.4 is 4.90 Å². The number of nitriles is 1. The van der Waals surface area contributed by atoms with E-state index in [1.54, 1.807) is 25.2 Å². The van der Waals surface area contributed by atoms with Crippen LogP contribution in [0.2, 0.25) is 0 Å². The quantitative estimate of drug-likeness (QED) is 0.816. The van der Waals surface area contributed by atoms with Crippen LogP contribution in [-0.2, 0) is 0 Å². The molecule has 0 radical (unpaired) electrons. The van der Waals surface area contributed by atoms with Crippen LogP contribution in [0.5, 0.6) is 0 Å². The van der Waals surface area contributed by atoms with Crippen molar-refractivity contribution in [3.8, 4) is 6.07 Å². The summed E-state index contributed by atoms with van der Waals surface area (Å²) in [6.07, 6.45) is 0. The van der Waals surface area contributed by atoms with Gasteiger partial charge in [-0.05, 0) is 30.7 Å². The van der Waals surface area contributed by atoms with Gasteiger partial charge in [-0.1, -0.05) is 18.2 Å². The van der Waals surface area contributed by atoms with E-state index in [0.717, 1.165) is 17.7 Å². The minimum absolute atomic E-state index is 0.0306. The molecule has 0 amide bonds. The fourth-order valence-corrected chi connectivity index (χ4v) is 2.01. The molecule has 0 fully saturated rings. The van der Waals surface area contributed by atoms with Crippen LogP contribution in [0.25, 0.3) is 0 Å². The van der Waals surface area contributed by atoms with Gasteiger partial charge in [0.05, 0.1) is 11.6 Å². The van der Waals surface area contributed by atoms with Crippen LogP contribution in [0, 0.1) is 29.9 Å². The number of para-hydroxylation sites is 1. The maximum Gasteiger partial charge on any atom is 0.151 e. The van der Waals surface area contributed by atoms with E-state index < -0.39 is 11.6 Å². The highest BCUT2D eigenvalue weighted by Crippen LogP contribution is 2.31. The smallest absolute Gasteiger partial charge is 0.151 e. The molecule has 0 bridgehead atoms. The second kappa shape index (κ2) is 5.07. The fraction of sp³-hybridized carbons (Fsp3) is 0.133. The fourth-order valence-electron chi connectivity index (χ4n) is 2.01. The molecule has 2 nitrogen and oxygen atoms in total. The Morgan fingerprint density at radius 3 is 2.21 bits per heavy atom. The number of hydrogen-bond acceptors (Lipinski definition) is 2. The van der Waals surface area contributed by atoms with Gasteiger partial charge in [0.2, 0.25) is 0 Å². The molecule has 0 spiro atoms. The zero-order chi connectivity index (χ0) is 14.0. The normalized spacial score (nSPS) is 10.1. The number of halogens is 2. The molecule has 19 heavy (non-hydrogen) atoms. The van der Waals surface area contributed by atoms with E-state index in [9.17, 15) is 8.78 Å². The lowest BCUT2D eigenvalue weighted by Crippen LogP contribution is -2.14. The Balaban J connectivity index is 2.54. The molecule has 2 aromatic rings. The molecule has 96 valence electrons. The molecule has 0 unspecified atom stereocenters. The number of anilines is 2. The predicted octanol–water partition coefficient (Wildman–Crippen LogP) is 3.91. The van der Waals surface area contributed by atoms with Crippen LogP contribution in [0.3, 0.4) is 0 Å². The molecule has 0 aromatic heterocycles. The first-order valence-corrected chi connectivity index (χ1v) is 5.73. The highest BCUT2D eigenvalue weighted by atomic mass is 19.1. The Kier molecular flexibility index (Phi) is 3.48. The molecule has 2 rings (SSSR count). The molecule has 0 aliphatic rings. The highest BCUT2D eigenvalue weighted by molar-refractivity contribution is 5.67. The summed E-state index contributed by atoms with van der Waals surface area (Å²) in [7, 11) is 1.59. The maximum absolute atomic E-state index is 13.9. The van der Waals surface area contributed by atoms with E-state index in [0.29, 0.717) is 5.69 Å². The van der Waals surface area contributed by atoms with Gasteiger partial charge >= 0.3 is 0 Å². The summed E-state index contributed by atoms with van der Waals surface area (Å²) in [5.74, 6) is -1.50. The summed E-state index contributed by atoms with van der Waals surface area (Å²) in [5.41, 5.74) is 1.43. The Labute approximate surface area is 110 Å². The van der Waals surface area contributed by atoms with Crippen LogP contribution in [0.1, 0.15) is 11.1 Å². The van der Waals surface area contributed by atoms with Crippen molar-refractivity contribution in [3.05, 3.63) is 59.2 Å². The maximum atomic E-state index is 13.9. The molecular formula is C15H12F2N2. The zero-order valence-corrected chi connectivity index (χ0v) is 10.6. The van der Waals surface area contributed by atoms with Crippen molar-refractivity contribution >= 4 is 11.4 Å². The number of aryl methyl sites for hydroxylation is 1. The van der Waals surface area contributed by atoms with E-state index >= 15 is 0 Å². The molecule has 0 aliphatic heterocycles. The van der Waals surface area contributed by atoms with Crippen LogP contribution in [-0.4, -0.2) is 7.05 Å². The van der Waals surface area contributed by atoms with E-state index in [-0.39, 0.29) is 11.3 Å². The van der Waals surface area contributed by atoms with E-state index in [4.69, 9.17) is 5.26 Å². The minimum Gasteiger partial charge on any atom is -0.340 e. The van der Waals surface area contributed by atoms with Crippen molar-refractivity contribution in [1.82, 2.24) is 0 Å². The SMILES string of the molecule is Cc1ccccc1N(C)c1c(F)cc(C#N)cc1F. The van der Waals surface area contributed by atoms with Gasteiger partial charge < -0.3 is 4.90 Å². The molecule has 2 aromatic carbocycles. The first-order valence-electron chi connectivity index (χ1n) is 5.73. The standard InChI is InChI=1S/C15H12F2N2/c1-10-5-3-4-6-14(10)19(2)15-12(16)7-11(9-18)8-13(15)17/h3-8H,1-2H3. The molecule has 4 heteroatoms. The van der Waals surface area contributed by atoms with Crippen molar-refractivity contribution in [2.24, 2.45) is 0 Å². The third-order valence-corrected chi connectivity index (χ3v) is 2.96. The van der Waals surface area contributed by atoms with Crippen LogP contribution >= 0.6 is 0 Å². The van der Waals surface area contributed by atoms with Crippen LogP contribution in [0.15, 0.2) is 36.4 Å². The van der Waals surface area contributed by atoms with Crippen molar-refractivity contribution in [2.45, 2.75) is 6.92 Å². The third kappa shape index (κ3) is 2.41. The average Bonchev–Trinajstić information content (AvgIpc) is 2.38. The molecular weight excluding hydrogens is 246 g/mol. The molecule has 0 saturated carbocycles. The van der Waals surface area contributed by atoms with Gasteiger partial charge in [-0.2, -0.15) is 5.26 Å². The van der Waals surface area contributed by atoms with Gasteiger partial charge in [-0.15, -0.1) is 0 Å². The third-order valence-electron chi connectivity index (χ3n) is 2.96. The largest absolute Gasteiger partial charge is 0.340 e. The topological polar surface area (TPSA) is 27.0 Å². The van der Waals surface area contributed by atoms with Crippen molar-refractivity contribution < 1.29 is 8.78 Å². The van der Waals surface area contributed by atoms with Gasteiger partial charge in [-0.3, -0.25) is 0 Å². The number of hydrogen-bond donors (Lipinski definition) is 0. The second-order valence-electron chi connectivity index (χ2n) is 4.25. The Morgan fingerprint density at radius 1 is 1.11 bits per heavy atom. The number of rotatable bonds is 2. The molecule has 0 aliphatic carbocycles. The van der Waals surface area contributed by atoms with Crippen molar-refractivity contribution in [2.75, 3.05) is 11.9 Å². The van der Waals surface area contributed by atoms with E-state index in [1.165, 1.54) is 4.90 Å². The average molecular weight is 258 g/mol. The number of nitrogens with zero attached hydrogens (tertiary/aromatic N) is 2. The van der Waals surface area contributed by atoms with Gasteiger partial charge in [0.1, 0.15) is 5.69 Å². The summed E-state index contributed by atoms with van der Waals surface area (Å²) in [6, 6.07) is 11.1. The van der Waals surface area contributed by atoms with Gasteiger partial charge in [-0.25, -0.2) is 8.78 Å². The highest BCUT2D eigenvalue weighted by Gasteiger charge is 2.17. The van der Waals surface area contributed by atoms with Gasteiger partial charge in [0, 0.05) is 12.7 Å². The summed E-state index contributed by atoms with van der Waals surface area (Å²) < 4.78 is 27.9. The zero-order valence-electron chi connectivity index (χ0n) is 10.6. The van der Waals surface area contributed by atoms with Crippen molar-refractivity contribution in [1.29, 1.82) is 5.26 Å². The molecule has 0 saturated heterocycles. The summed E-state index contributed by atoms with van der Waals surface area (Å²) in [6.45, 7) is 1.87.